The van der Waals surface area contributed by atoms with Gasteiger partial charge in [0.2, 0.25) is 5.91 Å². The van der Waals surface area contributed by atoms with Crippen LogP contribution in [0.4, 0.5) is 4.79 Å². The summed E-state index contributed by atoms with van der Waals surface area (Å²) >= 11 is 0. The van der Waals surface area contributed by atoms with E-state index >= 15 is 0 Å². The average molecular weight is 212 g/mol. The Morgan fingerprint density at radius 1 is 1.53 bits per heavy atom. The summed E-state index contributed by atoms with van der Waals surface area (Å²) in [4.78, 5) is 26.2. The Labute approximate surface area is 88.4 Å². The molecule has 2 rings (SSSR count). The predicted molar refractivity (Wildman–Crippen MR) is 54.1 cm³/mol. The van der Waals surface area contributed by atoms with Crippen LogP contribution in [-0.2, 0) is 4.79 Å². The molecule has 84 valence electrons. The topological polar surface area (TPSA) is 78.7 Å². The number of likely N-dealkylation sites (tertiary alicyclic amines) is 1. The molecule has 2 saturated heterocycles. The molecule has 2 aliphatic rings. The number of nitrogens with zero attached hydrogens (tertiary/aromatic N) is 2. The molecule has 6 nitrogen and oxygen atoms in total. The van der Waals surface area contributed by atoms with E-state index in [1.807, 2.05) is 4.90 Å². The third kappa shape index (κ3) is 2.27. The maximum Gasteiger partial charge on any atom is 0.324 e. The van der Waals surface area contributed by atoms with Crippen LogP contribution in [0.2, 0.25) is 0 Å². The lowest BCUT2D eigenvalue weighted by molar-refractivity contribution is -0.128. The minimum absolute atomic E-state index is 0.126. The van der Waals surface area contributed by atoms with E-state index in [2.05, 4.69) is 5.32 Å². The van der Waals surface area contributed by atoms with E-state index in [4.69, 9.17) is 5.73 Å². The van der Waals surface area contributed by atoms with Gasteiger partial charge >= 0.3 is 6.03 Å². The molecule has 2 fully saturated rings. The molecule has 0 spiro atoms. The smallest absolute Gasteiger partial charge is 0.324 e. The van der Waals surface area contributed by atoms with Gasteiger partial charge in [-0.15, -0.1) is 0 Å². The Kier molecular flexibility index (Phi) is 2.88. The second-order valence-corrected chi connectivity index (χ2v) is 4.06. The highest BCUT2D eigenvalue weighted by Crippen LogP contribution is 2.07. The summed E-state index contributed by atoms with van der Waals surface area (Å²) in [5.41, 5.74) is 5.74. The van der Waals surface area contributed by atoms with Gasteiger partial charge in [-0.25, -0.2) is 4.79 Å². The van der Waals surface area contributed by atoms with Crippen molar-refractivity contribution in [2.75, 3.05) is 32.7 Å². The van der Waals surface area contributed by atoms with Crippen LogP contribution >= 0.6 is 0 Å². The van der Waals surface area contributed by atoms with Crippen LogP contribution in [0.25, 0.3) is 0 Å². The minimum Gasteiger partial charge on any atom is -0.336 e. The molecule has 3 N–H and O–H groups in total. The summed E-state index contributed by atoms with van der Waals surface area (Å²) in [6, 6.07) is -0.103. The van der Waals surface area contributed by atoms with Crippen molar-refractivity contribution in [2.45, 2.75) is 12.5 Å². The van der Waals surface area contributed by atoms with Crippen LogP contribution in [0.15, 0.2) is 0 Å². The van der Waals surface area contributed by atoms with E-state index in [1.165, 1.54) is 4.90 Å². The van der Waals surface area contributed by atoms with Gasteiger partial charge in [0.15, 0.2) is 0 Å². The number of carbonyl (C=O) groups excluding carboxylic acids is 2. The number of amides is 3. The van der Waals surface area contributed by atoms with E-state index < -0.39 is 0 Å². The zero-order valence-electron chi connectivity index (χ0n) is 8.61. The highest BCUT2D eigenvalue weighted by molar-refractivity contribution is 5.96. The van der Waals surface area contributed by atoms with Gasteiger partial charge in [0.25, 0.3) is 0 Å². The van der Waals surface area contributed by atoms with E-state index in [-0.39, 0.29) is 18.0 Å². The third-order valence-corrected chi connectivity index (χ3v) is 2.83. The van der Waals surface area contributed by atoms with Crippen molar-refractivity contribution in [3.05, 3.63) is 0 Å². The first-order valence-corrected chi connectivity index (χ1v) is 5.23. The molecule has 2 heterocycles. The lowest BCUT2D eigenvalue weighted by Gasteiger charge is -2.18. The highest BCUT2D eigenvalue weighted by atomic mass is 16.2. The molecule has 2 aliphatic heterocycles. The standard InChI is InChI=1S/C9H16N4O2/c10-7-1-3-12(5-7)6-8(14)13-4-2-11-9(13)15/h7H,1-6,10H2,(H,11,15). The first-order valence-electron chi connectivity index (χ1n) is 5.23. The minimum atomic E-state index is -0.275. The zero-order chi connectivity index (χ0) is 10.8. The fraction of sp³-hybridized carbons (Fsp3) is 0.778. The second kappa shape index (κ2) is 4.16. The van der Waals surface area contributed by atoms with E-state index in [0.29, 0.717) is 19.6 Å². The first-order chi connectivity index (χ1) is 7.16. The van der Waals surface area contributed by atoms with Crippen molar-refractivity contribution in [1.82, 2.24) is 15.1 Å². The number of nitrogens with two attached hydrogens (primary N) is 1. The fourth-order valence-corrected chi connectivity index (χ4v) is 1.99. The maximum absolute atomic E-state index is 11.7. The van der Waals surface area contributed by atoms with Crippen LogP contribution in [0.1, 0.15) is 6.42 Å². The molecule has 6 heteroatoms. The summed E-state index contributed by atoms with van der Waals surface area (Å²) in [6.45, 7) is 2.95. The Balaban J connectivity index is 1.84. The van der Waals surface area contributed by atoms with Gasteiger partial charge in [0.1, 0.15) is 0 Å². The molecule has 0 radical (unpaired) electrons. The Morgan fingerprint density at radius 3 is 2.87 bits per heavy atom. The van der Waals surface area contributed by atoms with Crippen LogP contribution in [0, 0.1) is 0 Å². The highest BCUT2D eigenvalue weighted by Gasteiger charge is 2.29. The van der Waals surface area contributed by atoms with Gasteiger partial charge in [0.05, 0.1) is 6.54 Å². The largest absolute Gasteiger partial charge is 0.336 e. The molecule has 15 heavy (non-hydrogen) atoms. The van der Waals surface area contributed by atoms with E-state index in [1.54, 1.807) is 0 Å². The number of urea groups is 1. The quantitative estimate of drug-likeness (QED) is 0.588. The fourth-order valence-electron chi connectivity index (χ4n) is 1.99. The molecule has 3 amide bonds. The first kappa shape index (κ1) is 10.4. The normalized spacial score (nSPS) is 27.1. The SMILES string of the molecule is NC1CCN(CC(=O)N2CCNC2=O)C1. The van der Waals surface area contributed by atoms with Gasteiger partial charge in [-0.2, -0.15) is 0 Å². The number of hydrogen-bond acceptors (Lipinski definition) is 4. The van der Waals surface area contributed by atoms with Crippen molar-refractivity contribution in [3.63, 3.8) is 0 Å². The summed E-state index contributed by atoms with van der Waals surface area (Å²) in [5, 5.41) is 2.61. The molecule has 0 aromatic heterocycles. The Morgan fingerprint density at radius 2 is 2.33 bits per heavy atom. The Hall–Kier alpha value is -1.14. The number of carbonyl (C=O) groups is 2. The molecule has 1 unspecified atom stereocenters. The van der Waals surface area contributed by atoms with Crippen molar-refractivity contribution >= 4 is 11.9 Å². The van der Waals surface area contributed by atoms with Crippen LogP contribution < -0.4 is 11.1 Å². The van der Waals surface area contributed by atoms with E-state index in [9.17, 15) is 9.59 Å². The average Bonchev–Trinajstić information content (AvgIpc) is 2.75. The van der Waals surface area contributed by atoms with Gasteiger partial charge in [-0.05, 0) is 6.42 Å². The summed E-state index contributed by atoms with van der Waals surface area (Å²) in [7, 11) is 0. The summed E-state index contributed by atoms with van der Waals surface area (Å²) in [5.74, 6) is -0.126. The lowest BCUT2D eigenvalue weighted by Crippen LogP contribution is -2.41. The molecule has 0 aromatic rings. The molecule has 0 bridgehead atoms. The van der Waals surface area contributed by atoms with Crippen molar-refractivity contribution in [3.8, 4) is 0 Å². The van der Waals surface area contributed by atoms with Crippen LogP contribution in [0.3, 0.4) is 0 Å². The van der Waals surface area contributed by atoms with Gasteiger partial charge < -0.3 is 11.1 Å². The Bertz CT molecular complexity index is 281. The molecular weight excluding hydrogens is 196 g/mol. The molecule has 1 atom stereocenters. The van der Waals surface area contributed by atoms with Crippen molar-refractivity contribution in [1.29, 1.82) is 0 Å². The van der Waals surface area contributed by atoms with Gasteiger partial charge in [-0.1, -0.05) is 0 Å². The molecule has 0 saturated carbocycles. The number of hydrogen-bond donors (Lipinski definition) is 2. The number of nitrogens with one attached hydrogen (secondary N) is 1. The van der Waals surface area contributed by atoms with Crippen LogP contribution in [0.5, 0.6) is 0 Å². The molecule has 0 aliphatic carbocycles. The van der Waals surface area contributed by atoms with Gasteiger partial charge in [0, 0.05) is 32.2 Å². The zero-order valence-corrected chi connectivity index (χ0v) is 8.61. The molecular formula is C9H16N4O2. The predicted octanol–water partition coefficient (Wildman–Crippen LogP) is -1.43. The summed E-state index contributed by atoms with van der Waals surface area (Å²) < 4.78 is 0. The van der Waals surface area contributed by atoms with Crippen molar-refractivity contribution < 1.29 is 9.59 Å². The van der Waals surface area contributed by atoms with E-state index in [0.717, 1.165) is 19.5 Å². The maximum atomic E-state index is 11.7. The van der Waals surface area contributed by atoms with Gasteiger partial charge in [-0.3, -0.25) is 14.6 Å². The third-order valence-electron chi connectivity index (χ3n) is 2.83. The number of rotatable bonds is 2. The van der Waals surface area contributed by atoms with Crippen LogP contribution in [-0.4, -0.2) is 60.5 Å². The van der Waals surface area contributed by atoms with Crippen molar-refractivity contribution in [2.24, 2.45) is 5.73 Å². The monoisotopic (exact) mass is 212 g/mol. The summed E-state index contributed by atoms with van der Waals surface area (Å²) in [6.07, 6.45) is 0.930. The number of imide groups is 1. The second-order valence-electron chi connectivity index (χ2n) is 4.06. The lowest BCUT2D eigenvalue weighted by atomic mass is 10.3. The molecule has 0 aromatic carbocycles.